The van der Waals surface area contributed by atoms with Crippen LogP contribution in [0, 0.1) is 11.7 Å². The van der Waals surface area contributed by atoms with E-state index < -0.39 is 11.9 Å². The zero-order chi connectivity index (χ0) is 16.4. The molecule has 2 atom stereocenters. The summed E-state index contributed by atoms with van der Waals surface area (Å²) in [5.41, 5.74) is 1.64. The number of halogens is 1. The Balaban J connectivity index is 1.79. The average molecular weight is 315 g/mol. The highest BCUT2D eigenvalue weighted by atomic mass is 19.1. The molecule has 0 amide bonds. The maximum atomic E-state index is 13.4. The van der Waals surface area contributed by atoms with Gasteiger partial charge in [0.25, 0.3) is 0 Å². The van der Waals surface area contributed by atoms with Crippen molar-refractivity contribution in [3.8, 4) is 5.75 Å². The van der Waals surface area contributed by atoms with Gasteiger partial charge < -0.3 is 10.2 Å². The van der Waals surface area contributed by atoms with E-state index in [2.05, 4.69) is 0 Å². The van der Waals surface area contributed by atoms with Gasteiger partial charge in [-0.3, -0.25) is 9.69 Å². The number of hydrogen-bond donors (Lipinski definition) is 2. The Morgan fingerprint density at radius 3 is 2.65 bits per heavy atom. The first-order valence-corrected chi connectivity index (χ1v) is 7.51. The minimum atomic E-state index is -0.863. The maximum Gasteiger partial charge on any atom is 0.308 e. The van der Waals surface area contributed by atoms with E-state index in [0.29, 0.717) is 19.6 Å². The molecule has 0 aromatic heterocycles. The zero-order valence-electron chi connectivity index (χ0n) is 12.5. The number of nitrogens with zero attached hydrogens (tertiary/aromatic N) is 1. The molecule has 0 spiro atoms. The highest BCUT2D eigenvalue weighted by molar-refractivity contribution is 5.72. The fourth-order valence-corrected chi connectivity index (χ4v) is 3.25. The summed E-state index contributed by atoms with van der Waals surface area (Å²) in [6.45, 7) is 1.52. The summed E-state index contributed by atoms with van der Waals surface area (Å²) in [6, 6.07) is 13.1. The molecule has 1 aliphatic rings. The fraction of sp³-hybridized carbons (Fsp3) is 0.278. The van der Waals surface area contributed by atoms with Gasteiger partial charge in [0, 0.05) is 25.6 Å². The van der Waals surface area contributed by atoms with Gasteiger partial charge in [-0.15, -0.1) is 0 Å². The average Bonchev–Trinajstić information content (AvgIpc) is 2.91. The third-order valence-electron chi connectivity index (χ3n) is 4.31. The van der Waals surface area contributed by atoms with Crippen LogP contribution in [0.1, 0.15) is 17.0 Å². The monoisotopic (exact) mass is 315 g/mol. The summed E-state index contributed by atoms with van der Waals surface area (Å²) in [6.07, 6.45) is 0. The first-order valence-electron chi connectivity index (χ1n) is 7.51. The van der Waals surface area contributed by atoms with Gasteiger partial charge in [-0.05, 0) is 35.4 Å². The van der Waals surface area contributed by atoms with E-state index in [0.717, 1.165) is 11.1 Å². The number of phenols is 1. The molecule has 120 valence electrons. The molecule has 0 aliphatic carbocycles. The third-order valence-corrected chi connectivity index (χ3v) is 4.31. The largest absolute Gasteiger partial charge is 0.508 e. The highest BCUT2D eigenvalue weighted by Crippen LogP contribution is 2.34. The molecule has 0 saturated carbocycles. The maximum absolute atomic E-state index is 13.4. The Morgan fingerprint density at radius 2 is 1.96 bits per heavy atom. The number of carbonyl (C=O) groups is 1. The van der Waals surface area contributed by atoms with Crippen LogP contribution in [0.2, 0.25) is 0 Å². The van der Waals surface area contributed by atoms with Crippen LogP contribution < -0.4 is 0 Å². The van der Waals surface area contributed by atoms with Gasteiger partial charge in [0.05, 0.1) is 5.92 Å². The number of aliphatic carboxylic acids is 1. The number of benzene rings is 2. The molecule has 2 aromatic rings. The quantitative estimate of drug-likeness (QED) is 0.911. The van der Waals surface area contributed by atoms with Crippen LogP contribution in [0.4, 0.5) is 4.39 Å². The van der Waals surface area contributed by atoms with Gasteiger partial charge in [0.2, 0.25) is 0 Å². The number of rotatable bonds is 4. The molecular weight excluding hydrogens is 297 g/mol. The lowest BCUT2D eigenvalue weighted by Gasteiger charge is -2.16. The first kappa shape index (κ1) is 15.5. The van der Waals surface area contributed by atoms with Crippen LogP contribution in [0.25, 0.3) is 0 Å². The summed E-state index contributed by atoms with van der Waals surface area (Å²) < 4.78 is 13.4. The van der Waals surface area contributed by atoms with E-state index in [1.54, 1.807) is 30.3 Å². The van der Waals surface area contributed by atoms with Gasteiger partial charge in [-0.1, -0.05) is 24.3 Å². The lowest BCUT2D eigenvalue weighted by atomic mass is 9.89. The highest BCUT2D eigenvalue weighted by Gasteiger charge is 2.38. The number of carboxylic acid groups (broad SMARTS) is 1. The predicted octanol–water partition coefficient (Wildman–Crippen LogP) is 2.83. The summed E-state index contributed by atoms with van der Waals surface area (Å²) in [5.74, 6) is -1.82. The summed E-state index contributed by atoms with van der Waals surface area (Å²) in [5, 5.41) is 19.0. The fourth-order valence-electron chi connectivity index (χ4n) is 3.25. The van der Waals surface area contributed by atoms with Crippen LogP contribution in [0.5, 0.6) is 5.75 Å². The van der Waals surface area contributed by atoms with E-state index in [1.165, 1.54) is 12.1 Å². The summed E-state index contributed by atoms with van der Waals surface area (Å²) in [7, 11) is 0. The van der Waals surface area contributed by atoms with Crippen LogP contribution in [0.15, 0.2) is 48.5 Å². The molecule has 4 nitrogen and oxygen atoms in total. The second-order valence-corrected chi connectivity index (χ2v) is 5.97. The molecule has 0 unspecified atom stereocenters. The zero-order valence-corrected chi connectivity index (χ0v) is 12.5. The second kappa shape index (κ2) is 6.38. The Bertz CT molecular complexity index is 719. The number of likely N-dealkylation sites (tertiary alicyclic amines) is 1. The second-order valence-electron chi connectivity index (χ2n) is 5.97. The van der Waals surface area contributed by atoms with Crippen LogP contribution in [0.3, 0.4) is 0 Å². The minimum absolute atomic E-state index is 0.193. The van der Waals surface area contributed by atoms with Crippen molar-refractivity contribution in [3.05, 3.63) is 65.5 Å². The Kier molecular flexibility index (Phi) is 4.30. The molecule has 0 radical (unpaired) electrons. The number of carboxylic acids is 1. The molecule has 1 fully saturated rings. The molecule has 5 heteroatoms. The number of aromatic hydroxyl groups is 1. The van der Waals surface area contributed by atoms with E-state index >= 15 is 0 Å². The molecular formula is C18H18FNO3. The van der Waals surface area contributed by atoms with Crippen molar-refractivity contribution in [1.29, 1.82) is 0 Å². The van der Waals surface area contributed by atoms with Crippen LogP contribution in [-0.2, 0) is 11.3 Å². The standard InChI is InChI=1S/C18H18FNO3/c19-14-5-2-4-13(8-14)16-10-20(11-17(16)18(22)23)9-12-3-1-6-15(21)7-12/h1-8,16-17,21H,9-11H2,(H,22,23)/t16-,17+/m1/s1. The Hall–Kier alpha value is -2.40. The first-order chi connectivity index (χ1) is 11.0. The SMILES string of the molecule is O=C(O)[C@H]1CN(Cc2cccc(O)c2)C[C@@H]1c1cccc(F)c1. The van der Waals surface area contributed by atoms with Gasteiger partial charge in [0.1, 0.15) is 11.6 Å². The third kappa shape index (κ3) is 3.51. The van der Waals surface area contributed by atoms with E-state index in [1.807, 2.05) is 11.0 Å². The minimum Gasteiger partial charge on any atom is -0.508 e. The predicted molar refractivity (Wildman–Crippen MR) is 83.7 cm³/mol. The van der Waals surface area contributed by atoms with Crippen molar-refractivity contribution < 1.29 is 19.4 Å². The van der Waals surface area contributed by atoms with Gasteiger partial charge >= 0.3 is 5.97 Å². The van der Waals surface area contributed by atoms with Gasteiger partial charge in [-0.2, -0.15) is 0 Å². The van der Waals surface area contributed by atoms with E-state index in [-0.39, 0.29) is 17.5 Å². The normalized spacial score (nSPS) is 21.4. The molecule has 1 heterocycles. The van der Waals surface area contributed by atoms with E-state index in [9.17, 15) is 19.4 Å². The summed E-state index contributed by atoms with van der Waals surface area (Å²) >= 11 is 0. The number of phenolic OH excluding ortho intramolecular Hbond substituents is 1. The van der Waals surface area contributed by atoms with Gasteiger partial charge in [-0.25, -0.2) is 4.39 Å². The molecule has 0 bridgehead atoms. The molecule has 23 heavy (non-hydrogen) atoms. The molecule has 3 rings (SSSR count). The summed E-state index contributed by atoms with van der Waals surface area (Å²) in [4.78, 5) is 13.6. The smallest absolute Gasteiger partial charge is 0.308 e. The molecule has 1 aliphatic heterocycles. The van der Waals surface area contributed by atoms with Crippen molar-refractivity contribution in [3.63, 3.8) is 0 Å². The van der Waals surface area contributed by atoms with E-state index in [4.69, 9.17) is 0 Å². The Labute approximate surface area is 133 Å². The van der Waals surface area contributed by atoms with Crippen LogP contribution >= 0.6 is 0 Å². The van der Waals surface area contributed by atoms with Crippen molar-refractivity contribution in [1.82, 2.24) is 4.90 Å². The van der Waals surface area contributed by atoms with Crippen molar-refractivity contribution in [2.45, 2.75) is 12.5 Å². The lowest BCUT2D eigenvalue weighted by molar-refractivity contribution is -0.141. The molecule has 1 saturated heterocycles. The van der Waals surface area contributed by atoms with Crippen LogP contribution in [-0.4, -0.2) is 34.2 Å². The topological polar surface area (TPSA) is 60.8 Å². The molecule has 2 aromatic carbocycles. The van der Waals surface area contributed by atoms with Gasteiger partial charge in [0.15, 0.2) is 0 Å². The van der Waals surface area contributed by atoms with Crippen molar-refractivity contribution in [2.24, 2.45) is 5.92 Å². The lowest BCUT2D eigenvalue weighted by Crippen LogP contribution is -2.23. The number of hydrogen-bond acceptors (Lipinski definition) is 3. The van der Waals surface area contributed by atoms with Crippen molar-refractivity contribution >= 4 is 5.97 Å². The Morgan fingerprint density at radius 1 is 1.17 bits per heavy atom. The molecule has 2 N–H and O–H groups in total. The van der Waals surface area contributed by atoms with Crippen molar-refractivity contribution in [2.75, 3.05) is 13.1 Å².